The van der Waals surface area contributed by atoms with Crippen LogP contribution in [-0.4, -0.2) is 30.6 Å². The fraction of sp³-hybridized carbons (Fsp3) is 0.667. The summed E-state index contributed by atoms with van der Waals surface area (Å²) in [4.78, 5) is 2.61. The molecule has 1 aromatic carbocycles. The molecule has 1 aromatic rings. The molecule has 2 atom stereocenters. The van der Waals surface area contributed by atoms with Gasteiger partial charge in [0.05, 0.1) is 6.61 Å². The van der Waals surface area contributed by atoms with Gasteiger partial charge in [0.25, 0.3) is 0 Å². The molecule has 116 valence electrons. The molecule has 0 saturated carbocycles. The van der Waals surface area contributed by atoms with E-state index in [-0.39, 0.29) is 6.04 Å². The van der Waals surface area contributed by atoms with E-state index in [9.17, 15) is 0 Å². The van der Waals surface area contributed by atoms with E-state index in [2.05, 4.69) is 36.9 Å². The Morgan fingerprint density at radius 2 is 2.19 bits per heavy atom. The van der Waals surface area contributed by atoms with Crippen molar-refractivity contribution in [3.8, 4) is 5.75 Å². The summed E-state index contributed by atoms with van der Waals surface area (Å²) in [6.45, 7) is 7.72. The van der Waals surface area contributed by atoms with Gasteiger partial charge in [-0.3, -0.25) is 4.90 Å². The van der Waals surface area contributed by atoms with Gasteiger partial charge in [-0.15, -0.1) is 0 Å². The fourth-order valence-corrected chi connectivity index (χ4v) is 3.79. The predicted octanol–water partition coefficient (Wildman–Crippen LogP) is 3.13. The lowest BCUT2D eigenvalue weighted by Gasteiger charge is -2.35. The Bertz CT molecular complexity index is 486. The minimum Gasteiger partial charge on any atom is -0.493 e. The second-order valence-corrected chi connectivity index (χ2v) is 6.96. The molecule has 2 heterocycles. The third-order valence-corrected chi connectivity index (χ3v) is 4.69. The quantitative estimate of drug-likeness (QED) is 0.928. The maximum Gasteiger partial charge on any atom is 0.122 e. The van der Waals surface area contributed by atoms with Crippen molar-refractivity contribution in [3.63, 3.8) is 0 Å². The van der Waals surface area contributed by atoms with Crippen molar-refractivity contribution < 1.29 is 4.74 Å². The molecule has 0 aliphatic carbocycles. The van der Waals surface area contributed by atoms with E-state index in [1.54, 1.807) is 0 Å². The monoisotopic (exact) mass is 288 g/mol. The van der Waals surface area contributed by atoms with Gasteiger partial charge in [-0.1, -0.05) is 32.4 Å². The summed E-state index contributed by atoms with van der Waals surface area (Å²) in [5, 5.41) is 0. The van der Waals surface area contributed by atoms with Gasteiger partial charge in [0.15, 0.2) is 0 Å². The van der Waals surface area contributed by atoms with E-state index in [0.29, 0.717) is 12.0 Å². The van der Waals surface area contributed by atoms with Gasteiger partial charge in [-0.05, 0) is 42.5 Å². The highest BCUT2D eigenvalue weighted by atomic mass is 16.5. The minimum absolute atomic E-state index is 0.242. The summed E-state index contributed by atoms with van der Waals surface area (Å²) < 4.78 is 5.64. The lowest BCUT2D eigenvalue weighted by atomic mass is 9.94. The second-order valence-electron chi connectivity index (χ2n) is 6.96. The molecule has 1 fully saturated rings. The fourth-order valence-electron chi connectivity index (χ4n) is 3.79. The largest absolute Gasteiger partial charge is 0.493 e. The number of ether oxygens (including phenoxy) is 1. The van der Waals surface area contributed by atoms with Crippen molar-refractivity contribution in [2.45, 2.75) is 51.6 Å². The zero-order chi connectivity index (χ0) is 14.8. The van der Waals surface area contributed by atoms with Crippen molar-refractivity contribution in [2.75, 3.05) is 19.7 Å². The van der Waals surface area contributed by atoms with Gasteiger partial charge >= 0.3 is 0 Å². The van der Waals surface area contributed by atoms with E-state index in [0.717, 1.165) is 31.7 Å². The number of nitrogens with two attached hydrogens (primary N) is 1. The van der Waals surface area contributed by atoms with Crippen molar-refractivity contribution in [3.05, 3.63) is 29.3 Å². The Kier molecular flexibility index (Phi) is 4.51. The van der Waals surface area contributed by atoms with Crippen molar-refractivity contribution in [2.24, 2.45) is 11.7 Å². The zero-order valence-corrected chi connectivity index (χ0v) is 13.3. The molecule has 0 spiro atoms. The molecule has 2 unspecified atom stereocenters. The second kappa shape index (κ2) is 6.37. The Labute approximate surface area is 128 Å². The summed E-state index contributed by atoms with van der Waals surface area (Å²) in [6.07, 6.45) is 4.69. The Morgan fingerprint density at radius 1 is 1.33 bits per heavy atom. The summed E-state index contributed by atoms with van der Waals surface area (Å²) in [6, 6.07) is 7.31. The van der Waals surface area contributed by atoms with Crippen LogP contribution in [0.4, 0.5) is 0 Å². The lowest BCUT2D eigenvalue weighted by Crippen LogP contribution is -2.41. The highest BCUT2D eigenvalue weighted by Crippen LogP contribution is 2.34. The molecule has 0 amide bonds. The van der Waals surface area contributed by atoms with Crippen LogP contribution < -0.4 is 10.5 Å². The number of nitrogens with zero attached hydrogens (tertiary/aromatic N) is 1. The standard InChI is InChI=1S/C18H28N2O/c1-13(2)12-20-9-4-3-5-16(19)18(20)15-6-7-17-14(11-15)8-10-21-17/h6-7,11,13,16,18H,3-5,8-10,12,19H2,1-2H3. The Hall–Kier alpha value is -1.06. The van der Waals surface area contributed by atoms with Gasteiger partial charge < -0.3 is 10.5 Å². The summed E-state index contributed by atoms with van der Waals surface area (Å²) in [5.41, 5.74) is 9.29. The first-order chi connectivity index (χ1) is 10.1. The highest BCUT2D eigenvalue weighted by molar-refractivity contribution is 5.41. The van der Waals surface area contributed by atoms with Crippen LogP contribution in [0.5, 0.6) is 5.75 Å². The Balaban J connectivity index is 1.90. The minimum atomic E-state index is 0.242. The van der Waals surface area contributed by atoms with Crippen LogP contribution in [0, 0.1) is 5.92 Å². The number of hydrogen-bond acceptors (Lipinski definition) is 3. The van der Waals surface area contributed by atoms with Crippen molar-refractivity contribution in [1.29, 1.82) is 0 Å². The van der Waals surface area contributed by atoms with E-state index in [1.165, 1.54) is 30.5 Å². The van der Waals surface area contributed by atoms with Crippen LogP contribution in [0.2, 0.25) is 0 Å². The first-order valence-electron chi connectivity index (χ1n) is 8.40. The first-order valence-corrected chi connectivity index (χ1v) is 8.40. The van der Waals surface area contributed by atoms with Crippen molar-refractivity contribution in [1.82, 2.24) is 4.90 Å². The van der Waals surface area contributed by atoms with Crippen LogP contribution in [0.3, 0.4) is 0 Å². The molecule has 2 aliphatic rings. The van der Waals surface area contributed by atoms with Gasteiger partial charge in [0.2, 0.25) is 0 Å². The molecule has 3 nitrogen and oxygen atoms in total. The van der Waals surface area contributed by atoms with Gasteiger partial charge in [-0.2, -0.15) is 0 Å². The molecule has 2 N–H and O–H groups in total. The summed E-state index contributed by atoms with van der Waals surface area (Å²) in [5.74, 6) is 1.74. The first kappa shape index (κ1) is 14.9. The normalized spacial score (nSPS) is 26.5. The van der Waals surface area contributed by atoms with Gasteiger partial charge in [0, 0.05) is 25.0 Å². The molecular formula is C18H28N2O. The van der Waals surface area contributed by atoms with Crippen molar-refractivity contribution >= 4 is 0 Å². The van der Waals surface area contributed by atoms with E-state index < -0.39 is 0 Å². The zero-order valence-electron chi connectivity index (χ0n) is 13.3. The molecule has 21 heavy (non-hydrogen) atoms. The van der Waals surface area contributed by atoms with E-state index in [4.69, 9.17) is 10.5 Å². The third kappa shape index (κ3) is 3.24. The lowest BCUT2D eigenvalue weighted by molar-refractivity contribution is 0.165. The third-order valence-electron chi connectivity index (χ3n) is 4.69. The van der Waals surface area contributed by atoms with Gasteiger partial charge in [0.1, 0.15) is 5.75 Å². The SMILES string of the molecule is CC(C)CN1CCCCC(N)C1c1ccc2c(c1)CCO2. The van der Waals surface area contributed by atoms with Crippen LogP contribution >= 0.6 is 0 Å². The molecule has 3 heteroatoms. The van der Waals surface area contributed by atoms with E-state index >= 15 is 0 Å². The molecular weight excluding hydrogens is 260 g/mol. The molecule has 1 saturated heterocycles. The maximum absolute atomic E-state index is 6.55. The average molecular weight is 288 g/mol. The number of fused-ring (bicyclic) bond motifs is 1. The smallest absolute Gasteiger partial charge is 0.122 e. The van der Waals surface area contributed by atoms with E-state index in [1.807, 2.05) is 0 Å². The number of benzene rings is 1. The number of likely N-dealkylation sites (tertiary alicyclic amines) is 1. The summed E-state index contributed by atoms with van der Waals surface area (Å²) in [7, 11) is 0. The van der Waals surface area contributed by atoms with Crippen LogP contribution in [0.15, 0.2) is 18.2 Å². The highest BCUT2D eigenvalue weighted by Gasteiger charge is 2.30. The molecule has 0 radical (unpaired) electrons. The maximum atomic E-state index is 6.55. The van der Waals surface area contributed by atoms with Crippen LogP contribution in [-0.2, 0) is 6.42 Å². The number of rotatable bonds is 3. The number of hydrogen-bond donors (Lipinski definition) is 1. The average Bonchev–Trinajstić information content (AvgIpc) is 2.83. The molecule has 0 bridgehead atoms. The van der Waals surface area contributed by atoms with Crippen LogP contribution in [0.25, 0.3) is 0 Å². The topological polar surface area (TPSA) is 38.5 Å². The molecule has 0 aromatic heterocycles. The van der Waals surface area contributed by atoms with Crippen LogP contribution in [0.1, 0.15) is 50.3 Å². The molecule has 2 aliphatic heterocycles. The summed E-state index contributed by atoms with van der Waals surface area (Å²) >= 11 is 0. The predicted molar refractivity (Wildman–Crippen MR) is 86.6 cm³/mol. The molecule has 3 rings (SSSR count). The van der Waals surface area contributed by atoms with Gasteiger partial charge in [-0.25, -0.2) is 0 Å². The Morgan fingerprint density at radius 3 is 3.00 bits per heavy atom.